The number of piperidine rings is 1. The Labute approximate surface area is 140 Å². The molecule has 22 heavy (non-hydrogen) atoms. The van der Waals surface area contributed by atoms with E-state index >= 15 is 0 Å². The van der Waals surface area contributed by atoms with E-state index in [1.165, 1.54) is 0 Å². The van der Waals surface area contributed by atoms with Gasteiger partial charge in [0.05, 0.1) is 10.2 Å². The molecule has 1 aliphatic rings. The number of nitrogens with one attached hydrogen (secondary N) is 1. The number of benzene rings is 1. The lowest BCUT2D eigenvalue weighted by molar-refractivity contribution is 0.429. The molecule has 0 saturated carbocycles. The molecule has 0 spiro atoms. The molecular weight excluding hydrogens is 340 g/mol. The van der Waals surface area contributed by atoms with Gasteiger partial charge in [-0.15, -0.1) is 0 Å². The third-order valence-corrected chi connectivity index (χ3v) is 4.71. The summed E-state index contributed by atoms with van der Waals surface area (Å²) in [5, 5.41) is 3.42. The SMILES string of the molecule is CCN(c1ncc(Br)c(-c2ccccc2)n1)C1CCNCC1. The van der Waals surface area contributed by atoms with E-state index in [2.05, 4.69) is 50.2 Å². The molecular formula is C17H21BrN4. The molecule has 0 radical (unpaired) electrons. The molecule has 2 aromatic rings. The van der Waals surface area contributed by atoms with Gasteiger partial charge in [-0.2, -0.15) is 0 Å². The first-order valence-corrected chi connectivity index (χ1v) is 8.64. The van der Waals surface area contributed by atoms with E-state index in [1.54, 1.807) is 0 Å². The summed E-state index contributed by atoms with van der Waals surface area (Å²) in [5.41, 5.74) is 2.07. The quantitative estimate of drug-likeness (QED) is 0.905. The number of hydrogen-bond acceptors (Lipinski definition) is 4. The van der Waals surface area contributed by atoms with Gasteiger partial charge in [0.1, 0.15) is 0 Å². The smallest absolute Gasteiger partial charge is 0.226 e. The van der Waals surface area contributed by atoms with Crippen molar-refractivity contribution < 1.29 is 0 Å². The van der Waals surface area contributed by atoms with Crippen molar-refractivity contribution in [3.8, 4) is 11.3 Å². The van der Waals surface area contributed by atoms with Crippen molar-refractivity contribution in [3.05, 3.63) is 41.0 Å². The molecule has 0 atom stereocenters. The maximum absolute atomic E-state index is 4.84. The van der Waals surface area contributed by atoms with Crippen LogP contribution in [0.15, 0.2) is 41.0 Å². The molecule has 2 heterocycles. The Morgan fingerprint density at radius 1 is 1.23 bits per heavy atom. The standard InChI is InChI=1S/C17H21BrN4/c1-2-22(14-8-10-19-11-9-14)17-20-12-15(18)16(21-17)13-6-4-3-5-7-13/h3-7,12,14,19H,2,8-11H2,1H3. The fraction of sp³-hybridized carbons (Fsp3) is 0.412. The highest BCUT2D eigenvalue weighted by Crippen LogP contribution is 2.28. The molecule has 0 aliphatic carbocycles. The van der Waals surface area contributed by atoms with Gasteiger partial charge in [0.25, 0.3) is 0 Å². The summed E-state index contributed by atoms with van der Waals surface area (Å²) >= 11 is 3.58. The van der Waals surface area contributed by atoms with Crippen LogP contribution in [0, 0.1) is 0 Å². The van der Waals surface area contributed by atoms with Crippen molar-refractivity contribution in [1.82, 2.24) is 15.3 Å². The topological polar surface area (TPSA) is 41.1 Å². The van der Waals surface area contributed by atoms with Crippen LogP contribution in [0.25, 0.3) is 11.3 Å². The number of aromatic nitrogens is 2. The molecule has 1 aromatic heterocycles. The van der Waals surface area contributed by atoms with Gasteiger partial charge < -0.3 is 10.2 Å². The number of hydrogen-bond donors (Lipinski definition) is 1. The largest absolute Gasteiger partial charge is 0.338 e. The van der Waals surface area contributed by atoms with Crippen molar-refractivity contribution in [2.75, 3.05) is 24.5 Å². The normalized spacial score (nSPS) is 15.7. The van der Waals surface area contributed by atoms with Gasteiger partial charge in [-0.05, 0) is 48.8 Å². The summed E-state index contributed by atoms with van der Waals surface area (Å²) in [7, 11) is 0. The van der Waals surface area contributed by atoms with E-state index in [0.717, 1.165) is 54.2 Å². The number of rotatable bonds is 4. The lowest BCUT2D eigenvalue weighted by Gasteiger charge is -2.34. The summed E-state index contributed by atoms with van der Waals surface area (Å²) in [6.45, 7) is 5.25. The average Bonchev–Trinajstić information content (AvgIpc) is 2.59. The third kappa shape index (κ3) is 3.31. The number of anilines is 1. The van der Waals surface area contributed by atoms with Crippen molar-refractivity contribution in [1.29, 1.82) is 0 Å². The van der Waals surface area contributed by atoms with Crippen LogP contribution in [0.4, 0.5) is 5.95 Å². The van der Waals surface area contributed by atoms with Gasteiger partial charge in [-0.25, -0.2) is 9.97 Å². The minimum Gasteiger partial charge on any atom is -0.338 e. The molecule has 1 saturated heterocycles. The van der Waals surface area contributed by atoms with Gasteiger partial charge in [-0.1, -0.05) is 30.3 Å². The maximum Gasteiger partial charge on any atom is 0.226 e. The van der Waals surface area contributed by atoms with Gasteiger partial charge in [0.2, 0.25) is 5.95 Å². The van der Waals surface area contributed by atoms with Crippen LogP contribution in [0.3, 0.4) is 0 Å². The summed E-state index contributed by atoms with van der Waals surface area (Å²) in [6, 6.07) is 10.8. The van der Waals surface area contributed by atoms with Gasteiger partial charge >= 0.3 is 0 Å². The van der Waals surface area contributed by atoms with E-state index in [1.807, 2.05) is 24.4 Å². The lowest BCUT2D eigenvalue weighted by Crippen LogP contribution is -2.44. The summed E-state index contributed by atoms with van der Waals surface area (Å²) in [4.78, 5) is 11.7. The summed E-state index contributed by atoms with van der Waals surface area (Å²) < 4.78 is 0.934. The van der Waals surface area contributed by atoms with Gasteiger partial charge in [-0.3, -0.25) is 0 Å². The Bertz CT molecular complexity index is 611. The highest BCUT2D eigenvalue weighted by molar-refractivity contribution is 9.10. The van der Waals surface area contributed by atoms with E-state index < -0.39 is 0 Å². The second kappa shape index (κ2) is 7.20. The molecule has 0 bridgehead atoms. The van der Waals surface area contributed by atoms with Crippen molar-refractivity contribution >= 4 is 21.9 Å². The molecule has 3 rings (SSSR count). The Morgan fingerprint density at radius 2 is 1.95 bits per heavy atom. The van der Waals surface area contributed by atoms with Crippen LogP contribution in [0.2, 0.25) is 0 Å². The highest BCUT2D eigenvalue weighted by Gasteiger charge is 2.22. The van der Waals surface area contributed by atoms with Crippen LogP contribution in [-0.4, -0.2) is 35.6 Å². The average molecular weight is 361 g/mol. The molecule has 116 valence electrons. The van der Waals surface area contributed by atoms with Crippen LogP contribution in [0.1, 0.15) is 19.8 Å². The zero-order valence-corrected chi connectivity index (χ0v) is 14.4. The lowest BCUT2D eigenvalue weighted by atomic mass is 10.1. The third-order valence-electron chi connectivity index (χ3n) is 4.13. The van der Waals surface area contributed by atoms with Crippen molar-refractivity contribution in [3.63, 3.8) is 0 Å². The van der Waals surface area contributed by atoms with Crippen LogP contribution in [-0.2, 0) is 0 Å². The van der Waals surface area contributed by atoms with E-state index in [4.69, 9.17) is 4.98 Å². The van der Waals surface area contributed by atoms with E-state index in [0.29, 0.717) is 6.04 Å². The van der Waals surface area contributed by atoms with Crippen LogP contribution in [0.5, 0.6) is 0 Å². The first-order chi connectivity index (χ1) is 10.8. The predicted molar refractivity (Wildman–Crippen MR) is 94.1 cm³/mol. The van der Waals surface area contributed by atoms with Gasteiger partial charge in [0.15, 0.2) is 0 Å². The van der Waals surface area contributed by atoms with E-state index in [-0.39, 0.29) is 0 Å². The zero-order valence-electron chi connectivity index (χ0n) is 12.8. The predicted octanol–water partition coefficient (Wildman–Crippen LogP) is 3.48. The Kier molecular flexibility index (Phi) is 5.05. The molecule has 1 fully saturated rings. The molecule has 1 aromatic carbocycles. The zero-order chi connectivity index (χ0) is 15.4. The Morgan fingerprint density at radius 3 is 2.64 bits per heavy atom. The van der Waals surface area contributed by atoms with E-state index in [9.17, 15) is 0 Å². The Hall–Kier alpha value is -1.46. The van der Waals surface area contributed by atoms with Crippen molar-refractivity contribution in [2.24, 2.45) is 0 Å². The first kappa shape index (κ1) is 15.4. The molecule has 1 N–H and O–H groups in total. The molecule has 4 nitrogen and oxygen atoms in total. The molecule has 0 unspecified atom stereocenters. The first-order valence-electron chi connectivity index (χ1n) is 7.85. The fourth-order valence-corrected chi connectivity index (χ4v) is 3.40. The van der Waals surface area contributed by atoms with Crippen molar-refractivity contribution in [2.45, 2.75) is 25.8 Å². The molecule has 0 amide bonds. The maximum atomic E-state index is 4.84. The Balaban J connectivity index is 1.93. The minimum atomic E-state index is 0.524. The van der Waals surface area contributed by atoms with Crippen LogP contribution >= 0.6 is 15.9 Å². The fourth-order valence-electron chi connectivity index (χ4n) is 2.98. The second-order valence-electron chi connectivity index (χ2n) is 5.50. The summed E-state index contributed by atoms with van der Waals surface area (Å²) in [6.07, 6.45) is 4.16. The highest BCUT2D eigenvalue weighted by atomic mass is 79.9. The monoisotopic (exact) mass is 360 g/mol. The molecule has 1 aliphatic heterocycles. The number of nitrogens with zero attached hydrogens (tertiary/aromatic N) is 3. The number of halogens is 1. The second-order valence-corrected chi connectivity index (χ2v) is 6.35. The molecule has 5 heteroatoms. The van der Waals surface area contributed by atoms with Gasteiger partial charge in [0, 0.05) is 24.3 Å². The summed E-state index contributed by atoms with van der Waals surface area (Å²) in [5.74, 6) is 0.830. The minimum absolute atomic E-state index is 0.524. The van der Waals surface area contributed by atoms with Crippen LogP contribution < -0.4 is 10.2 Å².